The van der Waals surface area contributed by atoms with Crippen molar-refractivity contribution in [1.29, 1.82) is 0 Å². The lowest BCUT2D eigenvalue weighted by atomic mass is 10.1. The molecule has 0 spiro atoms. The van der Waals surface area contributed by atoms with E-state index in [1.54, 1.807) is 0 Å². The zero-order valence-electron chi connectivity index (χ0n) is 13.3. The van der Waals surface area contributed by atoms with E-state index in [4.69, 9.17) is 0 Å². The van der Waals surface area contributed by atoms with Crippen molar-refractivity contribution in [1.82, 2.24) is 15.5 Å². The molecule has 1 amide bonds. The van der Waals surface area contributed by atoms with Crippen molar-refractivity contribution in [2.45, 2.75) is 44.2 Å². The number of nitrogens with zero attached hydrogens (tertiary/aromatic N) is 1. The van der Waals surface area contributed by atoms with Gasteiger partial charge < -0.3 is 10.6 Å². The van der Waals surface area contributed by atoms with E-state index in [1.807, 2.05) is 0 Å². The normalized spacial score (nSPS) is 23.5. The molecule has 3 rings (SSSR count). The molecule has 0 bridgehead atoms. The summed E-state index contributed by atoms with van der Waals surface area (Å²) in [6.07, 6.45) is 5.47. The van der Waals surface area contributed by atoms with E-state index in [9.17, 15) is 4.79 Å². The Balaban J connectivity index is 1.56. The number of nitrogens with one attached hydrogen (secondary N) is 2. The molecule has 0 aromatic heterocycles. The van der Waals surface area contributed by atoms with E-state index >= 15 is 0 Å². The molecule has 0 radical (unpaired) electrons. The number of amides is 1. The van der Waals surface area contributed by atoms with Crippen molar-refractivity contribution < 1.29 is 4.79 Å². The Hall–Kier alpha value is -1.39. The van der Waals surface area contributed by atoms with Gasteiger partial charge in [0, 0.05) is 19.0 Å². The summed E-state index contributed by atoms with van der Waals surface area (Å²) >= 11 is 0. The van der Waals surface area contributed by atoms with Crippen LogP contribution in [0.4, 0.5) is 0 Å². The fourth-order valence-electron chi connectivity index (χ4n) is 3.62. The molecule has 1 aromatic rings. The van der Waals surface area contributed by atoms with Gasteiger partial charge in [0.25, 0.3) is 0 Å². The summed E-state index contributed by atoms with van der Waals surface area (Å²) in [5, 5.41) is 6.56. The Kier molecular flexibility index (Phi) is 5.46. The van der Waals surface area contributed by atoms with E-state index in [1.165, 1.54) is 24.8 Å². The van der Waals surface area contributed by atoms with Gasteiger partial charge in [-0.2, -0.15) is 0 Å². The summed E-state index contributed by atoms with van der Waals surface area (Å²) in [7, 11) is 0. The Morgan fingerprint density at radius 2 is 2.00 bits per heavy atom. The van der Waals surface area contributed by atoms with Gasteiger partial charge in [-0.3, -0.25) is 9.69 Å². The van der Waals surface area contributed by atoms with Crippen LogP contribution in [0.3, 0.4) is 0 Å². The predicted molar refractivity (Wildman–Crippen MR) is 88.6 cm³/mol. The number of carbonyl (C=O) groups is 1. The zero-order valence-corrected chi connectivity index (χ0v) is 13.3. The van der Waals surface area contributed by atoms with E-state index in [0.29, 0.717) is 18.5 Å². The number of rotatable bonds is 6. The standard InChI is InChI=1S/C18H27N3O/c22-18(13-16-9-6-10-19-16)20-14-17(21-11-4-5-12-21)15-7-2-1-3-8-15/h1-3,7-8,16-17,19H,4-6,9-14H2,(H,20,22). The third kappa shape index (κ3) is 4.08. The molecule has 2 saturated heterocycles. The monoisotopic (exact) mass is 301 g/mol. The van der Waals surface area contributed by atoms with Gasteiger partial charge in [0.1, 0.15) is 0 Å². The number of hydrogen-bond acceptors (Lipinski definition) is 3. The maximum Gasteiger partial charge on any atom is 0.221 e. The van der Waals surface area contributed by atoms with E-state index in [-0.39, 0.29) is 5.91 Å². The first-order valence-electron chi connectivity index (χ1n) is 8.62. The van der Waals surface area contributed by atoms with Gasteiger partial charge in [-0.1, -0.05) is 30.3 Å². The quantitative estimate of drug-likeness (QED) is 0.845. The number of carbonyl (C=O) groups excluding carboxylic acids is 1. The zero-order chi connectivity index (χ0) is 15.2. The molecule has 4 heteroatoms. The highest BCUT2D eigenvalue weighted by Gasteiger charge is 2.24. The molecule has 22 heavy (non-hydrogen) atoms. The van der Waals surface area contributed by atoms with Gasteiger partial charge >= 0.3 is 0 Å². The molecule has 4 nitrogen and oxygen atoms in total. The van der Waals surface area contributed by atoms with Gasteiger partial charge in [0.05, 0.1) is 6.04 Å². The van der Waals surface area contributed by atoms with Crippen LogP contribution in [0, 0.1) is 0 Å². The van der Waals surface area contributed by atoms with Crippen molar-refractivity contribution in [3.8, 4) is 0 Å². The Morgan fingerprint density at radius 1 is 1.23 bits per heavy atom. The summed E-state index contributed by atoms with van der Waals surface area (Å²) < 4.78 is 0. The van der Waals surface area contributed by atoms with E-state index in [0.717, 1.165) is 32.6 Å². The van der Waals surface area contributed by atoms with Gasteiger partial charge in [0.2, 0.25) is 5.91 Å². The van der Waals surface area contributed by atoms with Crippen LogP contribution in [0.15, 0.2) is 30.3 Å². The van der Waals surface area contributed by atoms with Crippen LogP contribution < -0.4 is 10.6 Å². The topological polar surface area (TPSA) is 44.4 Å². The molecule has 2 aliphatic rings. The van der Waals surface area contributed by atoms with Crippen LogP contribution in [0.5, 0.6) is 0 Å². The summed E-state index contributed by atoms with van der Waals surface area (Å²) in [6, 6.07) is 11.3. The van der Waals surface area contributed by atoms with Gasteiger partial charge in [-0.15, -0.1) is 0 Å². The van der Waals surface area contributed by atoms with Crippen LogP contribution in [0.2, 0.25) is 0 Å². The van der Waals surface area contributed by atoms with E-state index in [2.05, 4.69) is 45.9 Å². The molecule has 2 fully saturated rings. The Bertz CT molecular complexity index is 464. The predicted octanol–water partition coefficient (Wildman–Crippen LogP) is 2.08. The summed E-state index contributed by atoms with van der Waals surface area (Å²) in [5.41, 5.74) is 1.31. The van der Waals surface area contributed by atoms with Gasteiger partial charge in [0.15, 0.2) is 0 Å². The minimum Gasteiger partial charge on any atom is -0.354 e. The number of benzene rings is 1. The van der Waals surface area contributed by atoms with Crippen LogP contribution in [0.1, 0.15) is 43.7 Å². The van der Waals surface area contributed by atoms with Crippen molar-refractivity contribution in [2.75, 3.05) is 26.2 Å². The second-order valence-electron chi connectivity index (χ2n) is 6.47. The lowest BCUT2D eigenvalue weighted by molar-refractivity contribution is -0.121. The van der Waals surface area contributed by atoms with Crippen LogP contribution >= 0.6 is 0 Å². The van der Waals surface area contributed by atoms with Gasteiger partial charge in [-0.25, -0.2) is 0 Å². The smallest absolute Gasteiger partial charge is 0.221 e. The fourth-order valence-corrected chi connectivity index (χ4v) is 3.62. The molecule has 1 aromatic carbocycles. The van der Waals surface area contributed by atoms with Crippen molar-refractivity contribution in [3.63, 3.8) is 0 Å². The third-order valence-corrected chi connectivity index (χ3v) is 4.85. The lowest BCUT2D eigenvalue weighted by Crippen LogP contribution is -2.38. The first-order chi connectivity index (χ1) is 10.8. The maximum absolute atomic E-state index is 12.2. The molecule has 2 unspecified atom stereocenters. The van der Waals surface area contributed by atoms with Crippen LogP contribution in [0.25, 0.3) is 0 Å². The summed E-state index contributed by atoms with van der Waals surface area (Å²) in [4.78, 5) is 14.7. The lowest BCUT2D eigenvalue weighted by Gasteiger charge is -2.28. The number of hydrogen-bond donors (Lipinski definition) is 2. The van der Waals surface area contributed by atoms with Gasteiger partial charge in [-0.05, 0) is 50.9 Å². The highest BCUT2D eigenvalue weighted by atomic mass is 16.1. The van der Waals surface area contributed by atoms with Crippen LogP contribution in [-0.2, 0) is 4.79 Å². The van der Waals surface area contributed by atoms with Crippen molar-refractivity contribution in [2.24, 2.45) is 0 Å². The maximum atomic E-state index is 12.2. The fraction of sp³-hybridized carbons (Fsp3) is 0.611. The third-order valence-electron chi connectivity index (χ3n) is 4.85. The largest absolute Gasteiger partial charge is 0.354 e. The first kappa shape index (κ1) is 15.5. The Morgan fingerprint density at radius 3 is 2.68 bits per heavy atom. The average Bonchev–Trinajstić information content (AvgIpc) is 3.22. The minimum absolute atomic E-state index is 0.180. The minimum atomic E-state index is 0.180. The second kappa shape index (κ2) is 7.75. The molecule has 2 atom stereocenters. The highest BCUT2D eigenvalue weighted by molar-refractivity contribution is 5.76. The summed E-state index contributed by atoms with van der Waals surface area (Å²) in [5.74, 6) is 0.180. The summed E-state index contributed by atoms with van der Waals surface area (Å²) in [6.45, 7) is 4.05. The number of likely N-dealkylation sites (tertiary alicyclic amines) is 1. The molecule has 0 saturated carbocycles. The highest BCUT2D eigenvalue weighted by Crippen LogP contribution is 2.24. The second-order valence-corrected chi connectivity index (χ2v) is 6.47. The molecule has 2 aliphatic heterocycles. The average molecular weight is 301 g/mol. The SMILES string of the molecule is O=C(CC1CCCN1)NCC(c1ccccc1)N1CCCC1. The molecule has 2 heterocycles. The van der Waals surface area contributed by atoms with E-state index < -0.39 is 0 Å². The molecule has 0 aliphatic carbocycles. The van der Waals surface area contributed by atoms with Crippen molar-refractivity contribution >= 4 is 5.91 Å². The Labute approximate surface area is 133 Å². The molecule has 2 N–H and O–H groups in total. The van der Waals surface area contributed by atoms with Crippen molar-refractivity contribution in [3.05, 3.63) is 35.9 Å². The molecular formula is C18H27N3O. The first-order valence-corrected chi connectivity index (χ1v) is 8.62. The molecule has 120 valence electrons. The van der Waals surface area contributed by atoms with Crippen LogP contribution in [-0.4, -0.2) is 43.0 Å². The molecular weight excluding hydrogens is 274 g/mol.